The number of hydrogen-bond acceptors (Lipinski definition) is 13. The second kappa shape index (κ2) is 17.9. The van der Waals surface area contributed by atoms with E-state index in [0.717, 1.165) is 72.3 Å². The highest BCUT2D eigenvalue weighted by Crippen LogP contribution is 2.64. The van der Waals surface area contributed by atoms with Crippen LogP contribution in [0.3, 0.4) is 0 Å². The lowest BCUT2D eigenvalue weighted by molar-refractivity contribution is -0.0453. The highest BCUT2D eigenvalue weighted by atomic mass is 35.5. The number of fused-ring (bicyclic) bond motifs is 1. The standard InChI is InChI=1S/C20H21NO4.C18H21NO3.C17H19NO3.ClH/c1-22-17-6-5-13(10-18(17)23-2)9-16-15-12-20(25-4)19(24-3)11-14(15)7-8-21-16;1-19-8-7-18-11-4-5-13(20)17(18)22-16-14(21-2)6-3-10(15(16)18)9-12(11)19;1-18-7-6-17-10-3-5-13(20)16(17)21-15-12(19)4-2-9(14(15)17)8-11(10)18;/h5-8,10-12H,9H2,1-4H3;3-6,11-13,17,20H,7-9H2,1-2H3;2-5,10-11,13,16,19-20H,6-8H2,1H3;1H/t;11-,12+,13-,17?,18-;10-,11+,13-,16?,17-;/m.00./s1. The Morgan fingerprint density at radius 1 is 0.623 bits per heavy atom. The Morgan fingerprint density at radius 3 is 1.74 bits per heavy atom. The molecule has 13 rings (SSSR count). The number of nitrogens with zero attached hydrogens (tertiary/aromatic N) is 3. The number of aliphatic hydroxyl groups is 2. The lowest BCUT2D eigenvalue weighted by Gasteiger charge is -2.56. The Hall–Kier alpha value is -5.70. The number of piperidine rings is 2. The molecule has 4 aliphatic carbocycles. The van der Waals surface area contributed by atoms with E-state index in [-0.39, 0.29) is 41.2 Å². The molecule has 364 valence electrons. The minimum Gasteiger partial charge on any atom is -0.504 e. The largest absolute Gasteiger partial charge is 0.504 e. The Kier molecular flexibility index (Phi) is 12.2. The number of phenolic OH excluding ortho intramolecular Hbond substituents is 1. The summed E-state index contributed by atoms with van der Waals surface area (Å²) < 4.78 is 39.4. The molecule has 4 aliphatic heterocycles. The van der Waals surface area contributed by atoms with Gasteiger partial charge in [0.05, 0.1) is 41.2 Å². The molecule has 4 aromatic carbocycles. The van der Waals surface area contributed by atoms with Crippen molar-refractivity contribution in [2.75, 3.05) is 62.7 Å². The van der Waals surface area contributed by atoms with Gasteiger partial charge in [-0.15, -0.1) is 12.4 Å². The average molecular weight is 961 g/mol. The smallest absolute Gasteiger partial charge is 0.165 e. The van der Waals surface area contributed by atoms with E-state index in [1.807, 2.05) is 66.9 Å². The van der Waals surface area contributed by atoms with Gasteiger partial charge >= 0.3 is 0 Å². The number of phenols is 1. The number of likely N-dealkylation sites (N-methyl/N-ethyl adjacent to an activating group) is 2. The van der Waals surface area contributed by atoms with E-state index in [9.17, 15) is 15.3 Å². The number of likely N-dealkylation sites (tertiary alicyclic amines) is 2. The molecule has 0 saturated carbocycles. The molecule has 5 heterocycles. The fourth-order valence-electron chi connectivity index (χ4n) is 13.5. The van der Waals surface area contributed by atoms with Crippen LogP contribution in [0.25, 0.3) is 10.8 Å². The number of hydrogen-bond donors (Lipinski definition) is 3. The molecule has 14 heteroatoms. The van der Waals surface area contributed by atoms with Crippen LogP contribution in [-0.2, 0) is 30.1 Å². The van der Waals surface area contributed by atoms with E-state index >= 15 is 0 Å². The van der Waals surface area contributed by atoms with Crippen LogP contribution in [-0.4, -0.2) is 129 Å². The summed E-state index contributed by atoms with van der Waals surface area (Å²) in [7, 11) is 12.6. The van der Waals surface area contributed by atoms with Crippen molar-refractivity contribution in [2.24, 2.45) is 11.8 Å². The number of methoxy groups -OCH3 is 5. The van der Waals surface area contributed by atoms with Crippen LogP contribution in [0.5, 0.6) is 46.0 Å². The van der Waals surface area contributed by atoms with Crippen LogP contribution in [0.2, 0.25) is 0 Å². The Balaban J connectivity index is 0.000000120. The maximum atomic E-state index is 10.6. The Morgan fingerprint density at radius 2 is 1.14 bits per heavy atom. The summed E-state index contributed by atoms with van der Waals surface area (Å²) in [5.74, 6) is 6.10. The third kappa shape index (κ3) is 7.05. The highest BCUT2D eigenvalue weighted by molar-refractivity contribution is 5.88. The van der Waals surface area contributed by atoms with Gasteiger partial charge in [-0.05, 0) is 117 Å². The third-order valence-electron chi connectivity index (χ3n) is 16.7. The normalized spacial score (nSPS) is 29.9. The fourth-order valence-corrected chi connectivity index (χ4v) is 13.5. The lowest BCUT2D eigenvalue weighted by Crippen LogP contribution is -2.64. The van der Waals surface area contributed by atoms with Crippen LogP contribution in [0, 0.1) is 11.8 Å². The minimum absolute atomic E-state index is 0. The van der Waals surface area contributed by atoms with Crippen LogP contribution < -0.4 is 33.2 Å². The summed E-state index contributed by atoms with van der Waals surface area (Å²) in [6.45, 7) is 2.06. The number of aromatic nitrogens is 1. The Labute approximate surface area is 409 Å². The highest BCUT2D eigenvalue weighted by Gasteiger charge is 2.65. The van der Waals surface area contributed by atoms with Gasteiger partial charge in [-0.1, -0.05) is 42.5 Å². The van der Waals surface area contributed by atoms with E-state index in [0.29, 0.717) is 59.1 Å². The van der Waals surface area contributed by atoms with Crippen molar-refractivity contribution >= 4 is 23.2 Å². The first-order valence-electron chi connectivity index (χ1n) is 23.7. The first kappa shape index (κ1) is 47.0. The zero-order chi connectivity index (χ0) is 47.2. The number of benzene rings is 4. The van der Waals surface area contributed by atoms with Gasteiger partial charge in [0.2, 0.25) is 0 Å². The van der Waals surface area contributed by atoms with Gasteiger partial charge in [-0.2, -0.15) is 0 Å². The quantitative estimate of drug-likeness (QED) is 0.145. The predicted octanol–water partition coefficient (Wildman–Crippen LogP) is 6.98. The van der Waals surface area contributed by atoms with Crippen LogP contribution in [0.4, 0.5) is 0 Å². The van der Waals surface area contributed by atoms with Gasteiger partial charge in [-0.3, -0.25) is 4.98 Å². The van der Waals surface area contributed by atoms with Crippen LogP contribution >= 0.6 is 12.4 Å². The molecule has 0 amide bonds. The topological polar surface area (TPSA) is 145 Å². The van der Waals surface area contributed by atoms with Crippen LogP contribution in [0.15, 0.2) is 91.2 Å². The molecule has 0 radical (unpaired) electrons. The molecule has 2 fully saturated rings. The number of aliphatic hydroxyl groups excluding tert-OH is 2. The second-order valence-corrected chi connectivity index (χ2v) is 19.6. The van der Waals surface area contributed by atoms with Gasteiger partial charge in [0, 0.05) is 63.9 Å². The number of ether oxygens (including phenoxy) is 7. The molecule has 5 aromatic rings. The zero-order valence-electron chi connectivity index (χ0n) is 40.2. The van der Waals surface area contributed by atoms with Crippen molar-refractivity contribution in [2.45, 2.75) is 79.4 Å². The molecule has 10 atom stereocenters. The number of pyridine rings is 1. The van der Waals surface area contributed by atoms with Crippen molar-refractivity contribution in [1.29, 1.82) is 0 Å². The molecule has 1 aromatic heterocycles. The molecule has 2 spiro atoms. The van der Waals surface area contributed by atoms with Gasteiger partial charge in [0.1, 0.15) is 24.4 Å². The van der Waals surface area contributed by atoms with Gasteiger partial charge in [0.15, 0.2) is 46.0 Å². The number of aromatic hydroxyl groups is 1. The molecule has 69 heavy (non-hydrogen) atoms. The molecular weight excluding hydrogens is 898 g/mol. The van der Waals surface area contributed by atoms with E-state index in [2.05, 4.69) is 47.1 Å². The zero-order valence-corrected chi connectivity index (χ0v) is 41.0. The van der Waals surface area contributed by atoms with Crippen molar-refractivity contribution < 1.29 is 48.5 Å². The van der Waals surface area contributed by atoms with E-state index in [1.165, 1.54) is 22.3 Å². The minimum atomic E-state index is -0.594. The van der Waals surface area contributed by atoms with Crippen molar-refractivity contribution in [3.8, 4) is 46.0 Å². The number of rotatable bonds is 7. The van der Waals surface area contributed by atoms with Gasteiger partial charge in [-0.25, -0.2) is 0 Å². The summed E-state index contributed by atoms with van der Waals surface area (Å²) in [5, 5.41) is 33.3. The average Bonchev–Trinajstić information content (AvgIpc) is 3.91. The lowest BCUT2D eigenvalue weighted by atomic mass is 9.53. The summed E-state index contributed by atoms with van der Waals surface area (Å²) in [5.41, 5.74) is 6.95. The predicted molar refractivity (Wildman–Crippen MR) is 264 cm³/mol. The van der Waals surface area contributed by atoms with Gasteiger partial charge < -0.3 is 58.3 Å². The van der Waals surface area contributed by atoms with Crippen molar-refractivity contribution in [3.05, 3.63) is 125 Å². The molecule has 2 saturated heterocycles. The molecular formula is C55H62ClN3O10. The first-order chi connectivity index (χ1) is 33.0. The second-order valence-electron chi connectivity index (χ2n) is 19.6. The van der Waals surface area contributed by atoms with Crippen molar-refractivity contribution in [3.63, 3.8) is 0 Å². The van der Waals surface area contributed by atoms with E-state index in [1.54, 1.807) is 41.6 Å². The maximum Gasteiger partial charge on any atom is 0.165 e. The molecule has 4 bridgehead atoms. The van der Waals surface area contributed by atoms with Crippen LogP contribution in [0.1, 0.15) is 46.4 Å². The number of halogens is 1. The first-order valence-corrected chi connectivity index (χ1v) is 23.7. The van der Waals surface area contributed by atoms with Gasteiger partial charge in [0.25, 0.3) is 0 Å². The SMILES string of the molecule is CN1CC[C@]23c4c5ccc(O)c4OC2[C@@H](O)C=C[C@H]3[C@H]1C5.COc1ccc(Cc2nccc3cc(OC)c(OC)cc23)cc1OC.COc1ccc2c3c1OC1[C@@H](O)C=C[C@H]4[C@@H](C2)N(C)CC[C@]314.Cl. The fraction of sp³-hybridized carbons (Fsp3) is 0.436. The van der Waals surface area contributed by atoms with E-state index < -0.39 is 12.2 Å². The summed E-state index contributed by atoms with van der Waals surface area (Å²) in [6, 6.07) is 20.7. The summed E-state index contributed by atoms with van der Waals surface area (Å²) in [4.78, 5) is 9.47. The monoisotopic (exact) mass is 959 g/mol. The van der Waals surface area contributed by atoms with Crippen molar-refractivity contribution in [1.82, 2.24) is 14.8 Å². The van der Waals surface area contributed by atoms with E-state index in [4.69, 9.17) is 33.2 Å². The molecule has 8 aliphatic rings. The summed E-state index contributed by atoms with van der Waals surface area (Å²) >= 11 is 0. The Bertz CT molecular complexity index is 2860. The summed E-state index contributed by atoms with van der Waals surface area (Å²) in [6.07, 6.45) is 13.2. The molecule has 13 nitrogen and oxygen atoms in total. The molecule has 2 unspecified atom stereocenters. The maximum absolute atomic E-state index is 10.6. The molecule has 3 N–H and O–H groups in total. The third-order valence-corrected chi connectivity index (χ3v) is 16.7.